The zero-order valence-corrected chi connectivity index (χ0v) is 20.2. The van der Waals surface area contributed by atoms with Gasteiger partial charge in [0, 0.05) is 25.2 Å². The third-order valence-corrected chi connectivity index (χ3v) is 6.17. The summed E-state index contributed by atoms with van der Waals surface area (Å²) in [6, 6.07) is 4.47. The van der Waals surface area contributed by atoms with Crippen LogP contribution in [0.3, 0.4) is 0 Å². The second-order valence-electron chi connectivity index (χ2n) is 8.86. The van der Waals surface area contributed by atoms with Gasteiger partial charge in [0.1, 0.15) is 11.5 Å². The molecule has 0 spiro atoms. The molecule has 0 amide bonds. The molecule has 1 saturated heterocycles. The number of fused-ring (bicyclic) bond motifs is 4. The number of halogens is 2. The van der Waals surface area contributed by atoms with Crippen molar-refractivity contribution in [3.63, 3.8) is 0 Å². The average Bonchev–Trinajstić information content (AvgIpc) is 3.47. The Balaban J connectivity index is 0.000000848. The molecule has 4 aromatic heterocycles. The molecule has 12 heteroatoms. The van der Waals surface area contributed by atoms with Crippen molar-refractivity contribution in [1.82, 2.24) is 34.9 Å². The van der Waals surface area contributed by atoms with Gasteiger partial charge in [-0.1, -0.05) is 6.92 Å². The van der Waals surface area contributed by atoms with E-state index < -0.39 is 11.6 Å². The molecule has 188 valence electrons. The van der Waals surface area contributed by atoms with Crippen molar-refractivity contribution in [2.24, 2.45) is 11.7 Å². The van der Waals surface area contributed by atoms with Gasteiger partial charge in [-0.3, -0.25) is 0 Å². The zero-order chi connectivity index (χ0) is 25.4. The number of H-pyrrole nitrogens is 1. The number of benzene rings is 1. The fourth-order valence-electron chi connectivity index (χ4n) is 4.36. The number of hydrogen-bond donors (Lipinski definition) is 3. The Bertz CT molecular complexity index is 1530. The van der Waals surface area contributed by atoms with Crippen molar-refractivity contribution in [1.29, 1.82) is 0 Å². The van der Waals surface area contributed by atoms with Crippen LogP contribution in [-0.2, 0) is 0 Å². The van der Waals surface area contributed by atoms with Crippen molar-refractivity contribution in [3.8, 4) is 11.8 Å². The quantitative estimate of drug-likeness (QED) is 0.349. The van der Waals surface area contributed by atoms with Crippen molar-refractivity contribution in [2.75, 3.05) is 32.1 Å². The molecule has 36 heavy (non-hydrogen) atoms. The van der Waals surface area contributed by atoms with Crippen molar-refractivity contribution < 1.29 is 13.5 Å². The number of nitrogens with one attached hydrogen (secondary N) is 2. The molecule has 5 heterocycles. The number of aromatic amines is 1. The maximum absolute atomic E-state index is 14.9. The highest BCUT2D eigenvalue weighted by molar-refractivity contribution is 6.11. The van der Waals surface area contributed by atoms with E-state index >= 15 is 0 Å². The first-order valence-corrected chi connectivity index (χ1v) is 11.6. The van der Waals surface area contributed by atoms with Gasteiger partial charge in [0.25, 0.3) is 0 Å². The molecule has 0 saturated carbocycles. The molecule has 1 aliphatic heterocycles. The largest absolute Gasteiger partial charge is 0.421 e. The Morgan fingerprint density at radius 1 is 1.17 bits per heavy atom. The standard InChI is InChI=1S/C22H20F2N8O.C2H7N/c1-11-9-31(7-5-14(11)25)21-18-17-15(3-2-13(23)19(17)24)28-20(18)29-22(30-21)33-12-8-26-16-4-6-27-32(16)10-12;1-3-2/h2-4,6,8,10-11,14H,5,7,9,25H2,1H3,(H,28,29,30);3H,1-2H3. The van der Waals surface area contributed by atoms with Gasteiger partial charge in [-0.15, -0.1) is 0 Å². The lowest BCUT2D eigenvalue weighted by Gasteiger charge is -2.36. The maximum atomic E-state index is 14.9. The molecular weight excluding hydrogens is 468 g/mol. The van der Waals surface area contributed by atoms with Crippen molar-refractivity contribution in [3.05, 3.63) is 48.4 Å². The van der Waals surface area contributed by atoms with Gasteiger partial charge in [-0.2, -0.15) is 15.1 Å². The highest BCUT2D eigenvalue weighted by Crippen LogP contribution is 2.37. The van der Waals surface area contributed by atoms with Crippen LogP contribution in [0.1, 0.15) is 13.3 Å². The van der Waals surface area contributed by atoms with E-state index in [2.05, 4.69) is 37.3 Å². The molecule has 2 atom stereocenters. The van der Waals surface area contributed by atoms with Crippen LogP contribution in [0.4, 0.5) is 14.6 Å². The van der Waals surface area contributed by atoms with E-state index in [1.807, 2.05) is 19.0 Å². The Kier molecular flexibility index (Phi) is 6.37. The SMILES string of the molecule is CC1CN(c2nc(Oc3cnc4ccnn4c3)nc3[nH]c4ccc(F)c(F)c4c23)CCC1N.CNC. The van der Waals surface area contributed by atoms with E-state index in [-0.39, 0.29) is 23.4 Å². The smallest absolute Gasteiger partial charge is 0.326 e. The van der Waals surface area contributed by atoms with Crippen LogP contribution in [-0.4, -0.2) is 62.8 Å². The molecule has 6 rings (SSSR count). The minimum absolute atomic E-state index is 0.0563. The third kappa shape index (κ3) is 4.29. The van der Waals surface area contributed by atoms with Crippen LogP contribution in [0.15, 0.2) is 36.8 Å². The van der Waals surface area contributed by atoms with Crippen molar-refractivity contribution in [2.45, 2.75) is 19.4 Å². The van der Waals surface area contributed by atoms with Crippen LogP contribution in [0.5, 0.6) is 11.8 Å². The first-order valence-electron chi connectivity index (χ1n) is 11.6. The molecule has 0 aliphatic carbocycles. The summed E-state index contributed by atoms with van der Waals surface area (Å²) in [6.45, 7) is 3.31. The summed E-state index contributed by atoms with van der Waals surface area (Å²) in [7, 11) is 3.75. The number of aromatic nitrogens is 6. The molecule has 5 aromatic rings. The van der Waals surface area contributed by atoms with Crippen LogP contribution >= 0.6 is 0 Å². The lowest BCUT2D eigenvalue weighted by Crippen LogP contribution is -2.46. The van der Waals surface area contributed by atoms with E-state index in [4.69, 9.17) is 10.5 Å². The summed E-state index contributed by atoms with van der Waals surface area (Å²) in [5.41, 5.74) is 7.65. The monoisotopic (exact) mass is 495 g/mol. The summed E-state index contributed by atoms with van der Waals surface area (Å²) in [5.74, 6) is -0.808. The Morgan fingerprint density at radius 2 is 1.97 bits per heavy atom. The molecule has 0 radical (unpaired) electrons. The second-order valence-corrected chi connectivity index (χ2v) is 8.86. The maximum Gasteiger partial charge on any atom is 0.326 e. The first-order chi connectivity index (χ1) is 17.4. The lowest BCUT2D eigenvalue weighted by molar-refractivity contribution is 0.380. The van der Waals surface area contributed by atoms with Gasteiger partial charge < -0.3 is 25.7 Å². The number of nitrogens with two attached hydrogens (primary N) is 1. The van der Waals surface area contributed by atoms with Gasteiger partial charge >= 0.3 is 6.01 Å². The molecular formula is C24H27F2N9O. The predicted octanol–water partition coefficient (Wildman–Crippen LogP) is 3.23. The van der Waals surface area contributed by atoms with Crippen LogP contribution in [0.2, 0.25) is 0 Å². The summed E-state index contributed by atoms with van der Waals surface area (Å²) in [4.78, 5) is 18.5. The molecule has 10 nitrogen and oxygen atoms in total. The molecule has 1 aliphatic rings. The number of rotatable bonds is 3. The number of hydrogen-bond acceptors (Lipinski definition) is 8. The number of nitrogens with zero attached hydrogens (tertiary/aromatic N) is 6. The average molecular weight is 496 g/mol. The van der Waals surface area contributed by atoms with Crippen LogP contribution < -0.4 is 20.7 Å². The van der Waals surface area contributed by atoms with Crippen molar-refractivity contribution >= 4 is 33.4 Å². The Hall–Kier alpha value is -3.90. The minimum atomic E-state index is -0.938. The summed E-state index contributed by atoms with van der Waals surface area (Å²) in [6.07, 6.45) is 5.60. The summed E-state index contributed by atoms with van der Waals surface area (Å²) in [5, 5.41) is 7.44. The van der Waals surface area contributed by atoms with Gasteiger partial charge in [0.15, 0.2) is 23.0 Å². The number of piperidine rings is 1. The minimum Gasteiger partial charge on any atom is -0.421 e. The number of ether oxygens (including phenoxy) is 1. The van der Waals surface area contributed by atoms with Crippen LogP contribution in [0, 0.1) is 17.6 Å². The highest BCUT2D eigenvalue weighted by atomic mass is 19.2. The molecule has 0 bridgehead atoms. The highest BCUT2D eigenvalue weighted by Gasteiger charge is 2.28. The van der Waals surface area contributed by atoms with E-state index in [9.17, 15) is 8.78 Å². The lowest BCUT2D eigenvalue weighted by atomic mass is 9.94. The summed E-state index contributed by atoms with van der Waals surface area (Å²) < 4.78 is 36.5. The third-order valence-electron chi connectivity index (χ3n) is 6.17. The Morgan fingerprint density at radius 3 is 2.75 bits per heavy atom. The molecule has 1 fully saturated rings. The topological polar surface area (TPSA) is 122 Å². The fourth-order valence-corrected chi connectivity index (χ4v) is 4.36. The van der Waals surface area contributed by atoms with E-state index in [1.54, 1.807) is 29.2 Å². The fraction of sp³-hybridized carbons (Fsp3) is 0.333. The summed E-state index contributed by atoms with van der Waals surface area (Å²) >= 11 is 0. The molecule has 1 aromatic carbocycles. The molecule has 4 N–H and O–H groups in total. The van der Waals surface area contributed by atoms with Gasteiger partial charge in [0.2, 0.25) is 0 Å². The van der Waals surface area contributed by atoms with Gasteiger partial charge in [-0.25, -0.2) is 18.3 Å². The van der Waals surface area contributed by atoms with Gasteiger partial charge in [-0.05, 0) is 38.6 Å². The van der Waals surface area contributed by atoms with E-state index in [0.29, 0.717) is 46.9 Å². The first kappa shape index (κ1) is 23.8. The normalized spacial score (nSPS) is 18.0. The van der Waals surface area contributed by atoms with E-state index in [1.165, 1.54) is 6.07 Å². The molecule has 2 unspecified atom stereocenters. The second kappa shape index (κ2) is 9.63. The van der Waals surface area contributed by atoms with Gasteiger partial charge in [0.05, 0.1) is 34.9 Å². The predicted molar refractivity (Wildman–Crippen MR) is 133 cm³/mol. The zero-order valence-electron chi connectivity index (χ0n) is 20.2. The Labute approximate surface area is 205 Å². The number of anilines is 1. The van der Waals surface area contributed by atoms with Crippen LogP contribution in [0.25, 0.3) is 27.6 Å². The van der Waals surface area contributed by atoms with E-state index in [0.717, 1.165) is 12.5 Å².